The fourth-order valence-corrected chi connectivity index (χ4v) is 1.70. The van der Waals surface area contributed by atoms with E-state index in [4.69, 9.17) is 0 Å². The molecule has 1 aromatic heterocycles. The maximum Gasteiger partial charge on any atom is 0.408 e. The standard InChI is InChI=1S/C13H10F3N5O3/c14-13(15,16)8-20-5-4-10(19-20)7-17-18-12(22)9-2-1-3-11(6-9)21(23)24/h1-7H,8H2,(H,18,22)/b17-7+. The molecule has 11 heteroatoms. The largest absolute Gasteiger partial charge is 0.408 e. The van der Waals surface area contributed by atoms with Crippen molar-refractivity contribution < 1.29 is 22.9 Å². The van der Waals surface area contributed by atoms with Crippen LogP contribution in [0.25, 0.3) is 0 Å². The summed E-state index contributed by atoms with van der Waals surface area (Å²) in [5, 5.41) is 17.8. The maximum atomic E-state index is 12.2. The summed E-state index contributed by atoms with van der Waals surface area (Å²) < 4.78 is 37.2. The van der Waals surface area contributed by atoms with Crippen LogP contribution in [0.4, 0.5) is 18.9 Å². The molecule has 1 amide bonds. The Morgan fingerprint density at radius 3 is 2.83 bits per heavy atom. The van der Waals surface area contributed by atoms with E-state index in [1.54, 1.807) is 0 Å². The van der Waals surface area contributed by atoms with Gasteiger partial charge in [-0.2, -0.15) is 23.4 Å². The second-order valence-corrected chi connectivity index (χ2v) is 4.56. The molecule has 0 atom stereocenters. The van der Waals surface area contributed by atoms with Crippen LogP contribution in [0.15, 0.2) is 41.6 Å². The SMILES string of the molecule is O=C(N/N=C/c1ccn(CC(F)(F)F)n1)c1cccc([N+](=O)[O-])c1. The van der Waals surface area contributed by atoms with Crippen LogP contribution in [0.5, 0.6) is 0 Å². The molecule has 0 aliphatic rings. The summed E-state index contributed by atoms with van der Waals surface area (Å²) in [6.07, 6.45) is -2.21. The first kappa shape index (κ1) is 17.1. The van der Waals surface area contributed by atoms with Crippen molar-refractivity contribution in [2.75, 3.05) is 0 Å². The lowest BCUT2D eigenvalue weighted by molar-refractivity contribution is -0.384. The van der Waals surface area contributed by atoms with Crippen molar-refractivity contribution in [2.24, 2.45) is 5.10 Å². The normalized spacial score (nSPS) is 11.6. The van der Waals surface area contributed by atoms with E-state index in [1.807, 2.05) is 0 Å². The molecule has 0 aliphatic carbocycles. The molecule has 1 heterocycles. The molecule has 0 saturated carbocycles. The predicted octanol–water partition coefficient (Wildman–Crippen LogP) is 2.12. The zero-order valence-corrected chi connectivity index (χ0v) is 11.9. The number of carbonyl (C=O) groups excluding carboxylic acids is 1. The number of nitrogens with zero attached hydrogens (tertiary/aromatic N) is 4. The van der Waals surface area contributed by atoms with Crippen molar-refractivity contribution >= 4 is 17.8 Å². The monoisotopic (exact) mass is 341 g/mol. The Bertz CT molecular complexity index is 785. The van der Waals surface area contributed by atoms with Gasteiger partial charge in [-0.05, 0) is 12.1 Å². The van der Waals surface area contributed by atoms with Crippen LogP contribution in [0.1, 0.15) is 16.1 Å². The summed E-state index contributed by atoms with van der Waals surface area (Å²) in [6.45, 7) is -1.24. The molecule has 0 bridgehead atoms. The number of halogens is 3. The highest BCUT2D eigenvalue weighted by Gasteiger charge is 2.28. The smallest absolute Gasteiger partial charge is 0.267 e. The summed E-state index contributed by atoms with van der Waals surface area (Å²) in [7, 11) is 0. The predicted molar refractivity (Wildman–Crippen MR) is 76.4 cm³/mol. The lowest BCUT2D eigenvalue weighted by atomic mass is 10.2. The van der Waals surface area contributed by atoms with Crippen molar-refractivity contribution in [1.29, 1.82) is 0 Å². The summed E-state index contributed by atoms with van der Waals surface area (Å²) in [4.78, 5) is 21.8. The van der Waals surface area contributed by atoms with Crippen LogP contribution >= 0.6 is 0 Å². The van der Waals surface area contributed by atoms with E-state index in [2.05, 4.69) is 15.6 Å². The Morgan fingerprint density at radius 1 is 1.42 bits per heavy atom. The molecule has 0 aliphatic heterocycles. The van der Waals surface area contributed by atoms with Crippen LogP contribution in [-0.4, -0.2) is 33.0 Å². The topological polar surface area (TPSA) is 102 Å². The van der Waals surface area contributed by atoms with E-state index in [1.165, 1.54) is 24.3 Å². The summed E-state index contributed by atoms with van der Waals surface area (Å²) in [6, 6.07) is 6.29. The quantitative estimate of drug-likeness (QED) is 0.511. The van der Waals surface area contributed by atoms with Crippen LogP contribution in [0, 0.1) is 10.1 Å². The van der Waals surface area contributed by atoms with Gasteiger partial charge in [0.05, 0.1) is 11.1 Å². The molecule has 1 N–H and O–H groups in total. The van der Waals surface area contributed by atoms with Gasteiger partial charge in [-0.15, -0.1) is 0 Å². The number of hydrazone groups is 1. The van der Waals surface area contributed by atoms with Gasteiger partial charge in [0.25, 0.3) is 11.6 Å². The van der Waals surface area contributed by atoms with Gasteiger partial charge in [0.15, 0.2) is 0 Å². The number of hydrogen-bond acceptors (Lipinski definition) is 5. The minimum absolute atomic E-state index is 0.0175. The van der Waals surface area contributed by atoms with Crippen LogP contribution in [-0.2, 0) is 6.54 Å². The third kappa shape index (κ3) is 4.90. The molecular formula is C13H10F3N5O3. The van der Waals surface area contributed by atoms with Crippen LogP contribution < -0.4 is 5.43 Å². The average molecular weight is 341 g/mol. The summed E-state index contributed by atoms with van der Waals surface area (Å²) in [5.41, 5.74) is 1.98. The first-order valence-corrected chi connectivity index (χ1v) is 6.43. The number of nitrogens with one attached hydrogen (secondary N) is 1. The van der Waals surface area contributed by atoms with Gasteiger partial charge in [0.2, 0.25) is 0 Å². The lowest BCUT2D eigenvalue weighted by Crippen LogP contribution is -2.18. The first-order valence-electron chi connectivity index (χ1n) is 6.43. The number of aromatic nitrogens is 2. The van der Waals surface area contributed by atoms with Crippen molar-refractivity contribution in [3.63, 3.8) is 0 Å². The van der Waals surface area contributed by atoms with E-state index >= 15 is 0 Å². The number of hydrogen-bond donors (Lipinski definition) is 1. The molecule has 0 radical (unpaired) electrons. The van der Waals surface area contributed by atoms with Gasteiger partial charge in [-0.3, -0.25) is 19.6 Å². The highest BCUT2D eigenvalue weighted by Crippen LogP contribution is 2.16. The highest BCUT2D eigenvalue weighted by atomic mass is 19.4. The number of nitro benzene ring substituents is 1. The van der Waals surface area contributed by atoms with Gasteiger partial charge in [-0.1, -0.05) is 6.07 Å². The summed E-state index contributed by atoms with van der Waals surface area (Å²) >= 11 is 0. The van der Waals surface area contributed by atoms with Gasteiger partial charge in [0.1, 0.15) is 12.2 Å². The van der Waals surface area contributed by atoms with Crippen LogP contribution in [0.3, 0.4) is 0 Å². The summed E-state index contributed by atoms with van der Waals surface area (Å²) in [5.74, 6) is -0.704. The molecule has 2 aromatic rings. The second kappa shape index (κ2) is 6.89. The highest BCUT2D eigenvalue weighted by molar-refractivity contribution is 5.95. The van der Waals surface area contributed by atoms with E-state index in [-0.39, 0.29) is 16.9 Å². The lowest BCUT2D eigenvalue weighted by Gasteiger charge is -2.04. The molecule has 1 aromatic carbocycles. The molecule has 126 valence electrons. The van der Waals surface area contributed by atoms with Crippen molar-refractivity contribution in [3.05, 3.63) is 57.9 Å². The van der Waals surface area contributed by atoms with Gasteiger partial charge >= 0.3 is 6.18 Å². The maximum absolute atomic E-state index is 12.2. The molecule has 0 spiro atoms. The minimum Gasteiger partial charge on any atom is -0.267 e. The molecule has 2 rings (SSSR count). The third-order valence-electron chi connectivity index (χ3n) is 2.68. The Morgan fingerprint density at radius 2 is 2.17 bits per heavy atom. The molecular weight excluding hydrogens is 331 g/mol. The zero-order chi connectivity index (χ0) is 17.7. The molecule has 24 heavy (non-hydrogen) atoms. The Balaban J connectivity index is 1.97. The van der Waals surface area contributed by atoms with E-state index < -0.39 is 23.6 Å². The molecule has 8 nitrogen and oxygen atoms in total. The number of benzene rings is 1. The van der Waals surface area contributed by atoms with E-state index in [0.717, 1.165) is 18.5 Å². The number of carbonyl (C=O) groups is 1. The number of non-ortho nitro benzene ring substituents is 1. The molecule has 0 unspecified atom stereocenters. The number of nitro groups is 1. The second-order valence-electron chi connectivity index (χ2n) is 4.56. The average Bonchev–Trinajstić information content (AvgIpc) is 2.92. The van der Waals surface area contributed by atoms with E-state index in [0.29, 0.717) is 4.68 Å². The van der Waals surface area contributed by atoms with Crippen LogP contribution in [0.2, 0.25) is 0 Å². The Kier molecular flexibility index (Phi) is 4.92. The van der Waals surface area contributed by atoms with E-state index in [9.17, 15) is 28.1 Å². The van der Waals surface area contributed by atoms with Gasteiger partial charge < -0.3 is 0 Å². The Hall–Kier alpha value is -3.24. The van der Waals surface area contributed by atoms with Crippen molar-refractivity contribution in [2.45, 2.75) is 12.7 Å². The van der Waals surface area contributed by atoms with Gasteiger partial charge in [-0.25, -0.2) is 5.43 Å². The number of amides is 1. The number of alkyl halides is 3. The fourth-order valence-electron chi connectivity index (χ4n) is 1.70. The first-order chi connectivity index (χ1) is 11.2. The van der Waals surface area contributed by atoms with Crippen molar-refractivity contribution in [3.8, 4) is 0 Å². The third-order valence-corrected chi connectivity index (χ3v) is 2.68. The molecule has 0 saturated heterocycles. The Labute approximate surface area is 132 Å². The van der Waals surface area contributed by atoms with Gasteiger partial charge in [0, 0.05) is 23.9 Å². The number of rotatable bonds is 5. The fraction of sp³-hybridized carbons (Fsp3) is 0.154. The van der Waals surface area contributed by atoms with Crippen molar-refractivity contribution in [1.82, 2.24) is 15.2 Å². The molecule has 0 fully saturated rings. The minimum atomic E-state index is -4.39. The zero-order valence-electron chi connectivity index (χ0n) is 11.9.